The third kappa shape index (κ3) is 6.60. The Hall–Kier alpha value is -4.20. The Morgan fingerprint density at radius 1 is 1.04 bits per heavy atom. The summed E-state index contributed by atoms with van der Waals surface area (Å²) in [7, 11) is 2.11. The van der Waals surface area contributed by atoms with Crippen LogP contribution in [0, 0.1) is 11.3 Å². The lowest BCUT2D eigenvalue weighted by Crippen LogP contribution is -2.56. The molecule has 2 aliphatic rings. The predicted octanol–water partition coefficient (Wildman–Crippen LogP) is 6.31. The molecular formula is C34H38ClN7O3. The van der Waals surface area contributed by atoms with Crippen LogP contribution in [0.4, 0.5) is 10.6 Å². The molecule has 2 aliphatic heterocycles. The molecule has 2 aromatic carbocycles. The number of piperazine rings is 1. The van der Waals surface area contributed by atoms with Gasteiger partial charge in [0.15, 0.2) is 5.65 Å². The summed E-state index contributed by atoms with van der Waals surface area (Å²) in [5.41, 5.74) is 1.52. The highest BCUT2D eigenvalue weighted by atomic mass is 35.5. The SMILES string of the molecule is CN1CCC[C@H]1COc1nc(N2CCN(C(=O)OC(C)(C)C)[C@@H](CC#N)C2)c2ccc(-c3cccc4cccc(Cl)c34)nc2n1. The highest BCUT2D eigenvalue weighted by Crippen LogP contribution is 2.35. The zero-order valence-electron chi connectivity index (χ0n) is 26.2. The van der Waals surface area contributed by atoms with Crippen molar-refractivity contribution in [3.8, 4) is 23.3 Å². The monoisotopic (exact) mass is 627 g/mol. The average Bonchev–Trinajstić information content (AvgIpc) is 3.42. The van der Waals surface area contributed by atoms with E-state index in [1.165, 1.54) is 0 Å². The number of ether oxygens (including phenoxy) is 2. The first-order chi connectivity index (χ1) is 21.6. The van der Waals surface area contributed by atoms with Gasteiger partial charge in [0.05, 0.1) is 29.6 Å². The first kappa shape index (κ1) is 30.8. The molecule has 11 heteroatoms. The van der Waals surface area contributed by atoms with E-state index in [1.807, 2.05) is 69.3 Å². The van der Waals surface area contributed by atoms with Gasteiger partial charge in [0.25, 0.3) is 0 Å². The second-order valence-corrected chi connectivity index (χ2v) is 13.2. The van der Waals surface area contributed by atoms with Crippen molar-refractivity contribution >= 4 is 45.3 Å². The van der Waals surface area contributed by atoms with Gasteiger partial charge in [-0.25, -0.2) is 9.78 Å². The number of rotatable bonds is 6. The van der Waals surface area contributed by atoms with E-state index >= 15 is 0 Å². The minimum atomic E-state index is -0.633. The number of nitriles is 1. The Labute approximate surface area is 268 Å². The molecule has 10 nitrogen and oxygen atoms in total. The molecule has 1 amide bonds. The van der Waals surface area contributed by atoms with E-state index in [4.69, 9.17) is 36.0 Å². The number of halogens is 1. The predicted molar refractivity (Wildman–Crippen MR) is 176 cm³/mol. The van der Waals surface area contributed by atoms with E-state index in [9.17, 15) is 10.1 Å². The molecule has 0 radical (unpaired) electrons. The molecule has 4 aromatic rings. The lowest BCUT2D eigenvalue weighted by molar-refractivity contribution is 0.0145. The summed E-state index contributed by atoms with van der Waals surface area (Å²) in [6, 6.07) is 18.3. The van der Waals surface area contributed by atoms with Crippen molar-refractivity contribution in [2.24, 2.45) is 0 Å². The van der Waals surface area contributed by atoms with Crippen molar-refractivity contribution in [1.29, 1.82) is 5.26 Å². The summed E-state index contributed by atoms with van der Waals surface area (Å²) < 4.78 is 11.9. The van der Waals surface area contributed by atoms with Crippen molar-refractivity contribution in [3.63, 3.8) is 0 Å². The molecular weight excluding hydrogens is 590 g/mol. The third-order valence-corrected chi connectivity index (χ3v) is 8.78. The Morgan fingerprint density at radius 2 is 1.84 bits per heavy atom. The maximum atomic E-state index is 13.0. The van der Waals surface area contributed by atoms with Crippen molar-refractivity contribution < 1.29 is 14.3 Å². The zero-order chi connectivity index (χ0) is 31.7. The molecule has 6 rings (SSSR count). The van der Waals surface area contributed by atoms with Crippen LogP contribution in [0.3, 0.4) is 0 Å². The van der Waals surface area contributed by atoms with Gasteiger partial charge in [-0.3, -0.25) is 0 Å². The van der Waals surface area contributed by atoms with Crippen LogP contribution in [0.5, 0.6) is 6.01 Å². The molecule has 2 saturated heterocycles. The fourth-order valence-corrected chi connectivity index (χ4v) is 6.47. The van der Waals surface area contributed by atoms with Gasteiger partial charge in [0.2, 0.25) is 0 Å². The molecule has 0 N–H and O–H groups in total. The number of pyridine rings is 1. The number of fused-ring (bicyclic) bond motifs is 2. The first-order valence-corrected chi connectivity index (χ1v) is 15.8. The van der Waals surface area contributed by atoms with Crippen LogP contribution in [0.15, 0.2) is 48.5 Å². The maximum Gasteiger partial charge on any atom is 0.410 e. The highest BCUT2D eigenvalue weighted by Gasteiger charge is 2.35. The Kier molecular flexibility index (Phi) is 8.67. The Bertz CT molecular complexity index is 1760. The lowest BCUT2D eigenvalue weighted by atomic mass is 10.0. The van der Waals surface area contributed by atoms with Crippen LogP contribution in [0.2, 0.25) is 5.02 Å². The number of nitrogens with zero attached hydrogens (tertiary/aromatic N) is 7. The molecule has 0 bridgehead atoms. The van der Waals surface area contributed by atoms with E-state index in [2.05, 4.69) is 22.9 Å². The van der Waals surface area contributed by atoms with Crippen LogP contribution in [-0.2, 0) is 4.74 Å². The number of carbonyl (C=O) groups excluding carboxylic acids is 1. The van der Waals surface area contributed by atoms with Crippen molar-refractivity contribution in [1.82, 2.24) is 24.8 Å². The quantitative estimate of drug-likeness (QED) is 0.243. The second-order valence-electron chi connectivity index (χ2n) is 12.8. The van der Waals surface area contributed by atoms with Gasteiger partial charge in [-0.05, 0) is 70.8 Å². The van der Waals surface area contributed by atoms with Gasteiger partial charge >= 0.3 is 12.1 Å². The smallest absolute Gasteiger partial charge is 0.410 e. The van der Waals surface area contributed by atoms with E-state index in [0.717, 1.165) is 46.8 Å². The molecule has 0 spiro atoms. The van der Waals surface area contributed by atoms with Crippen LogP contribution in [0.25, 0.3) is 33.1 Å². The second kappa shape index (κ2) is 12.7. The Morgan fingerprint density at radius 3 is 2.58 bits per heavy atom. The fraction of sp³-hybridized carbons (Fsp3) is 0.441. The summed E-state index contributed by atoms with van der Waals surface area (Å²) in [5.74, 6) is 0.663. The third-order valence-electron chi connectivity index (χ3n) is 8.46. The summed E-state index contributed by atoms with van der Waals surface area (Å²) in [6.45, 7) is 8.32. The minimum absolute atomic E-state index is 0.167. The number of aromatic nitrogens is 3. The van der Waals surface area contributed by atoms with Crippen molar-refractivity contribution in [2.45, 2.75) is 57.7 Å². The molecule has 45 heavy (non-hydrogen) atoms. The minimum Gasteiger partial charge on any atom is -0.462 e. The number of carbonyl (C=O) groups is 1. The van der Waals surface area contributed by atoms with E-state index in [0.29, 0.717) is 48.8 Å². The van der Waals surface area contributed by atoms with E-state index < -0.39 is 11.7 Å². The van der Waals surface area contributed by atoms with Gasteiger partial charge in [-0.15, -0.1) is 0 Å². The van der Waals surface area contributed by atoms with Gasteiger partial charge in [0.1, 0.15) is 18.0 Å². The number of hydrogen-bond acceptors (Lipinski definition) is 9. The zero-order valence-corrected chi connectivity index (χ0v) is 26.9. The van der Waals surface area contributed by atoms with Crippen LogP contribution < -0.4 is 9.64 Å². The van der Waals surface area contributed by atoms with Crippen LogP contribution in [-0.4, -0.2) is 88.4 Å². The molecule has 234 valence electrons. The molecule has 0 aliphatic carbocycles. The normalized spacial score (nSPS) is 19.2. The van der Waals surface area contributed by atoms with Gasteiger partial charge in [-0.2, -0.15) is 15.2 Å². The maximum absolute atomic E-state index is 13.0. The largest absolute Gasteiger partial charge is 0.462 e. The molecule has 2 aromatic heterocycles. The molecule has 2 atom stereocenters. The van der Waals surface area contributed by atoms with Gasteiger partial charge < -0.3 is 24.2 Å². The average molecular weight is 628 g/mol. The number of likely N-dealkylation sites (N-methyl/N-ethyl adjacent to an activating group) is 1. The Balaban J connectivity index is 1.39. The standard InChI is InChI=1S/C34H38ClN7O3/c1-34(2,3)45-33(43)42-19-18-41(20-23(42)15-16-36)31-26-13-14-28(25-11-5-8-22-9-6-12-27(35)29(22)25)37-30(26)38-32(39-31)44-21-24-10-7-17-40(24)4/h5-6,8-9,11-14,23-24H,7,10,15,17-21H2,1-4H3/t23-,24-/m0/s1. The summed E-state index contributed by atoms with van der Waals surface area (Å²) in [6.07, 6.45) is 1.94. The molecule has 0 saturated carbocycles. The highest BCUT2D eigenvalue weighted by molar-refractivity contribution is 6.36. The first-order valence-electron chi connectivity index (χ1n) is 15.4. The summed E-state index contributed by atoms with van der Waals surface area (Å²) in [5, 5.41) is 13.0. The van der Waals surface area contributed by atoms with E-state index in [-0.39, 0.29) is 18.5 Å². The van der Waals surface area contributed by atoms with Crippen molar-refractivity contribution in [3.05, 3.63) is 53.6 Å². The number of benzene rings is 2. The molecule has 4 heterocycles. The van der Waals surface area contributed by atoms with Crippen LogP contribution >= 0.6 is 11.6 Å². The van der Waals surface area contributed by atoms with E-state index in [1.54, 1.807) is 4.90 Å². The topological polar surface area (TPSA) is 108 Å². The van der Waals surface area contributed by atoms with Crippen LogP contribution in [0.1, 0.15) is 40.0 Å². The number of anilines is 1. The number of likely N-dealkylation sites (tertiary alicyclic amines) is 1. The summed E-state index contributed by atoms with van der Waals surface area (Å²) >= 11 is 6.66. The van der Waals surface area contributed by atoms with Crippen molar-refractivity contribution in [2.75, 3.05) is 44.7 Å². The number of amides is 1. The van der Waals surface area contributed by atoms with Gasteiger partial charge in [0, 0.05) is 41.6 Å². The molecule has 2 fully saturated rings. The number of hydrogen-bond donors (Lipinski definition) is 0. The fourth-order valence-electron chi connectivity index (χ4n) is 6.19. The lowest BCUT2D eigenvalue weighted by Gasteiger charge is -2.41. The van der Waals surface area contributed by atoms with Gasteiger partial charge in [-0.1, -0.05) is 41.9 Å². The molecule has 0 unspecified atom stereocenters. The summed E-state index contributed by atoms with van der Waals surface area (Å²) in [4.78, 5) is 33.8.